The first-order valence-electron chi connectivity index (χ1n) is 5.47. The van der Waals surface area contributed by atoms with Gasteiger partial charge in [-0.1, -0.05) is 24.3 Å². The van der Waals surface area contributed by atoms with E-state index in [1.54, 1.807) is 16.2 Å². The van der Waals surface area contributed by atoms with Crippen molar-refractivity contribution in [1.82, 2.24) is 4.98 Å². The lowest BCUT2D eigenvalue weighted by atomic mass is 10.2. The molecule has 2 aromatic carbocycles. The minimum absolute atomic E-state index is 0.779. The van der Waals surface area contributed by atoms with Crippen LogP contribution in [-0.4, -0.2) is 4.98 Å². The van der Waals surface area contributed by atoms with Crippen LogP contribution in [0.15, 0.2) is 48.5 Å². The van der Waals surface area contributed by atoms with Crippen LogP contribution in [0.1, 0.15) is 0 Å². The molecule has 0 amide bonds. The molecule has 19 heavy (non-hydrogen) atoms. The van der Waals surface area contributed by atoms with Crippen molar-refractivity contribution in [3.8, 4) is 10.6 Å². The van der Waals surface area contributed by atoms with Gasteiger partial charge in [0.05, 0.1) is 10.2 Å². The van der Waals surface area contributed by atoms with Crippen molar-refractivity contribution in [2.75, 3.05) is 5.73 Å². The lowest BCUT2D eigenvalue weighted by molar-refractivity contribution is 1.45. The van der Waals surface area contributed by atoms with Crippen molar-refractivity contribution in [3.05, 3.63) is 59.0 Å². The van der Waals surface area contributed by atoms with Crippen molar-refractivity contribution in [2.45, 2.75) is 0 Å². The molecule has 0 bridgehead atoms. The highest BCUT2D eigenvalue weighted by molar-refractivity contribution is 7.21. The Balaban J connectivity index is 0.000000408. The van der Waals surface area contributed by atoms with Crippen molar-refractivity contribution in [1.29, 1.82) is 5.53 Å². The summed E-state index contributed by atoms with van der Waals surface area (Å²) in [5, 5.41) is 0.985. The van der Waals surface area contributed by atoms with E-state index in [0.29, 0.717) is 0 Å². The van der Waals surface area contributed by atoms with Gasteiger partial charge in [0.2, 0.25) is 0 Å². The molecule has 0 fully saturated rings. The molecule has 1 heterocycles. The Morgan fingerprint density at radius 1 is 1.11 bits per heavy atom. The SMILES string of the molecule is Nc1ccccc1-c1nc2ccccc2s1.[N-]=[N+]=N. The number of nitrogens with one attached hydrogen (secondary N) is 1. The van der Waals surface area contributed by atoms with Crippen molar-refractivity contribution >= 4 is 27.2 Å². The summed E-state index contributed by atoms with van der Waals surface area (Å²) in [6.45, 7) is 0. The number of nitrogens with zero attached hydrogens (tertiary/aromatic N) is 3. The van der Waals surface area contributed by atoms with E-state index in [1.807, 2.05) is 42.5 Å². The van der Waals surface area contributed by atoms with Crippen molar-refractivity contribution in [3.63, 3.8) is 0 Å². The van der Waals surface area contributed by atoms with Crippen molar-refractivity contribution < 1.29 is 0 Å². The average molecular weight is 269 g/mol. The third-order valence-corrected chi connectivity index (χ3v) is 3.55. The molecule has 0 saturated carbocycles. The van der Waals surface area contributed by atoms with E-state index < -0.39 is 0 Å². The first kappa shape index (κ1) is 12.9. The third kappa shape index (κ3) is 2.82. The number of aromatic nitrogens is 1. The van der Waals surface area contributed by atoms with Crippen LogP contribution in [0.2, 0.25) is 0 Å². The average Bonchev–Trinajstić information content (AvgIpc) is 2.83. The number of nitrogen functional groups attached to an aromatic ring is 1. The normalized spacial score (nSPS) is 9.47. The molecule has 3 aromatic rings. The Bertz CT molecular complexity index is 695. The number of fused-ring (bicyclic) bond motifs is 1. The summed E-state index contributed by atoms with van der Waals surface area (Å²) in [6.07, 6.45) is 0. The van der Waals surface area contributed by atoms with Crippen LogP contribution < -0.4 is 5.73 Å². The van der Waals surface area contributed by atoms with Crippen LogP contribution in [0.4, 0.5) is 5.69 Å². The van der Waals surface area contributed by atoms with E-state index in [2.05, 4.69) is 11.1 Å². The molecule has 0 radical (unpaired) electrons. The number of benzene rings is 2. The first-order chi connectivity index (χ1) is 9.26. The predicted molar refractivity (Wildman–Crippen MR) is 78.9 cm³/mol. The molecule has 6 heteroatoms. The van der Waals surface area contributed by atoms with Gasteiger partial charge in [0.15, 0.2) is 0 Å². The second-order valence-corrected chi connectivity index (χ2v) is 4.70. The van der Waals surface area contributed by atoms with Crippen LogP contribution in [0.3, 0.4) is 0 Å². The maximum Gasteiger partial charge on any atom is 0.126 e. The van der Waals surface area contributed by atoms with Crippen LogP contribution >= 0.6 is 11.3 Å². The Kier molecular flexibility index (Phi) is 3.97. The van der Waals surface area contributed by atoms with Gasteiger partial charge in [-0.3, -0.25) is 0 Å². The van der Waals surface area contributed by atoms with Gasteiger partial charge in [-0.2, -0.15) is 0 Å². The summed E-state index contributed by atoms with van der Waals surface area (Å²) in [4.78, 5) is 6.33. The monoisotopic (exact) mass is 269 g/mol. The Morgan fingerprint density at radius 3 is 2.42 bits per heavy atom. The zero-order valence-electron chi connectivity index (χ0n) is 9.95. The Morgan fingerprint density at radius 2 is 1.74 bits per heavy atom. The number of hydrogen-bond donors (Lipinski definition) is 2. The van der Waals surface area contributed by atoms with Crippen LogP contribution in [0.5, 0.6) is 0 Å². The molecule has 5 nitrogen and oxygen atoms in total. The van der Waals surface area contributed by atoms with E-state index in [0.717, 1.165) is 21.8 Å². The molecule has 0 atom stereocenters. The first-order valence-corrected chi connectivity index (χ1v) is 6.29. The summed E-state index contributed by atoms with van der Waals surface area (Å²) >= 11 is 1.67. The fraction of sp³-hybridized carbons (Fsp3) is 0. The molecule has 0 aliphatic carbocycles. The topological polar surface area (TPSA) is 99.2 Å². The van der Waals surface area contributed by atoms with Gasteiger partial charge >= 0.3 is 0 Å². The number of rotatable bonds is 1. The fourth-order valence-electron chi connectivity index (χ4n) is 1.68. The molecular weight excluding hydrogens is 258 g/mol. The van der Waals surface area contributed by atoms with Gasteiger partial charge in [-0.05, 0) is 34.7 Å². The van der Waals surface area contributed by atoms with E-state index >= 15 is 0 Å². The van der Waals surface area contributed by atoms with Crippen LogP contribution in [0, 0.1) is 5.53 Å². The highest BCUT2D eigenvalue weighted by Gasteiger charge is 2.07. The van der Waals surface area contributed by atoms with Crippen molar-refractivity contribution in [2.24, 2.45) is 0 Å². The minimum atomic E-state index is 0.779. The molecule has 0 spiro atoms. The lowest BCUT2D eigenvalue weighted by Gasteiger charge is -1.99. The lowest BCUT2D eigenvalue weighted by Crippen LogP contribution is -1.87. The summed E-state index contributed by atoms with van der Waals surface area (Å²) < 4.78 is 1.20. The molecule has 3 N–H and O–H groups in total. The summed E-state index contributed by atoms with van der Waals surface area (Å²) in [6, 6.07) is 16.0. The molecule has 3 rings (SSSR count). The maximum absolute atomic E-state index is 6.86. The standard InChI is InChI=1S/C13H10N2S.HN3/c14-10-6-2-1-5-9(10)13-15-11-7-3-4-8-12(11)16-13;1-3-2/h1-8H,14H2;1H. The number of nitrogens with two attached hydrogens (primary N) is 1. The molecule has 0 saturated heterocycles. The number of anilines is 1. The molecule has 0 aliphatic heterocycles. The van der Waals surface area contributed by atoms with Gasteiger partial charge in [0.25, 0.3) is 0 Å². The second kappa shape index (κ2) is 5.86. The number of hydrogen-bond acceptors (Lipinski definition) is 4. The maximum atomic E-state index is 6.86. The van der Waals surface area contributed by atoms with Gasteiger partial charge < -0.3 is 5.73 Å². The van der Waals surface area contributed by atoms with Gasteiger partial charge in [-0.25, -0.2) is 4.98 Å². The predicted octanol–water partition coefficient (Wildman–Crippen LogP) is 4.42. The molecule has 0 aliphatic rings. The molecule has 0 unspecified atom stereocenters. The smallest absolute Gasteiger partial charge is 0.126 e. The molecule has 94 valence electrons. The Hall–Kier alpha value is -2.56. The van der Waals surface area contributed by atoms with Crippen LogP contribution in [0.25, 0.3) is 31.2 Å². The zero-order valence-corrected chi connectivity index (χ0v) is 10.8. The zero-order chi connectivity index (χ0) is 13.7. The largest absolute Gasteiger partial charge is 0.398 e. The van der Waals surface area contributed by atoms with Gasteiger partial charge in [-0.15, -0.1) is 16.9 Å². The van der Waals surface area contributed by atoms with Crippen LogP contribution in [-0.2, 0) is 0 Å². The van der Waals surface area contributed by atoms with E-state index in [9.17, 15) is 0 Å². The summed E-state index contributed by atoms with van der Waals surface area (Å²) in [7, 11) is 0. The molecular formula is C13H11N5S. The third-order valence-electron chi connectivity index (χ3n) is 2.49. The van der Waals surface area contributed by atoms with E-state index in [1.165, 1.54) is 4.70 Å². The fourth-order valence-corrected chi connectivity index (χ4v) is 2.69. The second-order valence-electron chi connectivity index (χ2n) is 3.67. The summed E-state index contributed by atoms with van der Waals surface area (Å²) in [5.41, 5.74) is 21.0. The van der Waals surface area contributed by atoms with Gasteiger partial charge in [0, 0.05) is 11.3 Å². The number of para-hydroxylation sites is 2. The highest BCUT2D eigenvalue weighted by Crippen LogP contribution is 2.32. The minimum Gasteiger partial charge on any atom is -0.398 e. The van der Waals surface area contributed by atoms with E-state index in [-0.39, 0.29) is 0 Å². The summed E-state index contributed by atoms with van der Waals surface area (Å²) in [5.74, 6) is 0. The highest BCUT2D eigenvalue weighted by atomic mass is 32.1. The van der Waals surface area contributed by atoms with Gasteiger partial charge in [0.1, 0.15) is 5.01 Å². The number of thiazole rings is 1. The Labute approximate surface area is 113 Å². The van der Waals surface area contributed by atoms with E-state index in [4.69, 9.17) is 16.8 Å². The quantitative estimate of drug-likeness (QED) is 0.296. The molecule has 1 aromatic heterocycles.